The summed E-state index contributed by atoms with van der Waals surface area (Å²) in [5, 5.41) is 19.3. The minimum atomic E-state index is -0.483. The summed E-state index contributed by atoms with van der Waals surface area (Å²) in [4.78, 5) is 8.17. The monoisotopic (exact) mass is 321 g/mol. The third kappa shape index (κ3) is 3.70. The minimum absolute atomic E-state index is 0.0831. The molecule has 1 aromatic carbocycles. The highest BCUT2D eigenvalue weighted by molar-refractivity contribution is 6.31. The molecule has 4 nitrogen and oxygen atoms in total. The van der Waals surface area contributed by atoms with Crippen LogP contribution in [0.25, 0.3) is 0 Å². The van der Waals surface area contributed by atoms with Crippen LogP contribution in [0.1, 0.15) is 29.5 Å². The van der Waals surface area contributed by atoms with E-state index < -0.39 is 5.92 Å². The number of aliphatic hydroxyl groups is 1. The third-order valence-corrected chi connectivity index (χ3v) is 3.69. The smallest absolute Gasteiger partial charge is 0.150 e. The molecule has 21 heavy (non-hydrogen) atoms. The van der Waals surface area contributed by atoms with E-state index >= 15 is 0 Å². The molecule has 0 saturated carbocycles. The summed E-state index contributed by atoms with van der Waals surface area (Å²) in [5.74, 6) is -0.857. The molecule has 0 aliphatic carbocycles. The van der Waals surface area contributed by atoms with Gasteiger partial charge in [-0.2, -0.15) is 5.26 Å². The molecule has 1 aromatic heterocycles. The Hall–Kier alpha value is -1.67. The van der Waals surface area contributed by atoms with Gasteiger partial charge in [0.05, 0.1) is 23.9 Å². The Morgan fingerprint density at radius 2 is 1.95 bits per heavy atom. The lowest BCUT2D eigenvalue weighted by Crippen LogP contribution is -2.14. The normalized spacial score (nSPS) is 13.4. The van der Waals surface area contributed by atoms with Gasteiger partial charge in [0.2, 0.25) is 0 Å². The van der Waals surface area contributed by atoms with Gasteiger partial charge < -0.3 is 5.11 Å². The van der Waals surface area contributed by atoms with Crippen molar-refractivity contribution < 1.29 is 5.11 Å². The number of hydrogen-bond donors (Lipinski definition) is 1. The average Bonchev–Trinajstić information content (AvgIpc) is 2.51. The van der Waals surface area contributed by atoms with Gasteiger partial charge >= 0.3 is 0 Å². The summed E-state index contributed by atoms with van der Waals surface area (Å²) in [5.41, 5.74) is 1.28. The SMILES string of the molecule is N#C[C@@H](c1ccccc1)[C@@H](CCO)c1nc(Cl)cnc1Cl. The lowest BCUT2D eigenvalue weighted by molar-refractivity contribution is 0.271. The Labute approximate surface area is 133 Å². The zero-order valence-electron chi connectivity index (χ0n) is 11.1. The van der Waals surface area contributed by atoms with E-state index in [0.717, 1.165) is 5.56 Å². The molecular weight excluding hydrogens is 309 g/mol. The van der Waals surface area contributed by atoms with Crippen LogP contribution in [0.15, 0.2) is 36.5 Å². The van der Waals surface area contributed by atoms with Crippen molar-refractivity contribution in [2.24, 2.45) is 0 Å². The van der Waals surface area contributed by atoms with Crippen LogP contribution in [0.5, 0.6) is 0 Å². The number of aromatic nitrogens is 2. The highest BCUT2D eigenvalue weighted by atomic mass is 35.5. The predicted molar refractivity (Wildman–Crippen MR) is 81.3 cm³/mol. The van der Waals surface area contributed by atoms with Crippen LogP contribution in [0.3, 0.4) is 0 Å². The molecule has 108 valence electrons. The van der Waals surface area contributed by atoms with Gasteiger partial charge in [-0.1, -0.05) is 53.5 Å². The molecule has 0 radical (unpaired) electrons. The molecule has 2 aromatic rings. The maximum Gasteiger partial charge on any atom is 0.150 e. The van der Waals surface area contributed by atoms with Crippen LogP contribution >= 0.6 is 23.2 Å². The maximum atomic E-state index is 9.54. The second-order valence-corrected chi connectivity index (χ2v) is 5.25. The highest BCUT2D eigenvalue weighted by Crippen LogP contribution is 2.37. The molecule has 1 heterocycles. The van der Waals surface area contributed by atoms with Crippen LogP contribution < -0.4 is 0 Å². The Morgan fingerprint density at radius 3 is 2.57 bits per heavy atom. The van der Waals surface area contributed by atoms with Gasteiger partial charge in [0, 0.05) is 12.5 Å². The van der Waals surface area contributed by atoms with E-state index in [2.05, 4.69) is 16.0 Å². The molecule has 0 unspecified atom stereocenters. The number of hydrogen-bond acceptors (Lipinski definition) is 4. The molecule has 0 aliphatic rings. The Bertz CT molecular complexity index is 643. The maximum absolute atomic E-state index is 9.54. The van der Waals surface area contributed by atoms with Crippen molar-refractivity contribution in [1.82, 2.24) is 9.97 Å². The van der Waals surface area contributed by atoms with Crippen molar-refractivity contribution in [3.63, 3.8) is 0 Å². The molecule has 0 bridgehead atoms. The first-order valence-electron chi connectivity index (χ1n) is 6.40. The molecular formula is C15H13Cl2N3O. The quantitative estimate of drug-likeness (QED) is 0.914. The fraction of sp³-hybridized carbons (Fsp3) is 0.267. The second kappa shape index (κ2) is 7.37. The van der Waals surface area contributed by atoms with Crippen molar-refractivity contribution in [2.45, 2.75) is 18.3 Å². The van der Waals surface area contributed by atoms with Crippen LogP contribution in [-0.4, -0.2) is 21.7 Å². The van der Waals surface area contributed by atoms with E-state index in [1.54, 1.807) is 0 Å². The number of aliphatic hydroxyl groups excluding tert-OH is 1. The fourth-order valence-corrected chi connectivity index (χ4v) is 2.63. The summed E-state index contributed by atoms with van der Waals surface area (Å²) in [7, 11) is 0. The van der Waals surface area contributed by atoms with Gasteiger partial charge in [-0.05, 0) is 12.0 Å². The van der Waals surface area contributed by atoms with Gasteiger partial charge in [-0.15, -0.1) is 0 Å². The predicted octanol–water partition coefficient (Wildman–Crippen LogP) is 3.56. The van der Waals surface area contributed by atoms with E-state index in [0.29, 0.717) is 12.1 Å². The fourth-order valence-electron chi connectivity index (χ4n) is 2.26. The van der Waals surface area contributed by atoms with Gasteiger partial charge in [0.15, 0.2) is 5.15 Å². The Kier molecular flexibility index (Phi) is 5.51. The van der Waals surface area contributed by atoms with Crippen molar-refractivity contribution in [3.05, 3.63) is 58.1 Å². The third-order valence-electron chi connectivity index (χ3n) is 3.21. The summed E-state index contributed by atoms with van der Waals surface area (Å²) in [6.07, 6.45) is 1.70. The van der Waals surface area contributed by atoms with Gasteiger partial charge in [-0.25, -0.2) is 9.97 Å². The zero-order valence-corrected chi connectivity index (χ0v) is 12.6. The van der Waals surface area contributed by atoms with Crippen molar-refractivity contribution >= 4 is 23.2 Å². The van der Waals surface area contributed by atoms with Gasteiger partial charge in [0.1, 0.15) is 5.15 Å². The van der Waals surface area contributed by atoms with Gasteiger partial charge in [0.25, 0.3) is 0 Å². The molecule has 0 aliphatic heterocycles. The van der Waals surface area contributed by atoms with Crippen LogP contribution in [0, 0.1) is 11.3 Å². The first-order valence-corrected chi connectivity index (χ1v) is 7.16. The summed E-state index contributed by atoms with van der Waals surface area (Å²) >= 11 is 12.0. The van der Waals surface area contributed by atoms with E-state index in [4.69, 9.17) is 23.2 Å². The van der Waals surface area contributed by atoms with Crippen LogP contribution in [0.4, 0.5) is 0 Å². The van der Waals surface area contributed by atoms with E-state index in [1.807, 2.05) is 30.3 Å². The molecule has 2 rings (SSSR count). The van der Waals surface area contributed by atoms with E-state index in [-0.39, 0.29) is 22.8 Å². The zero-order chi connectivity index (χ0) is 15.2. The van der Waals surface area contributed by atoms with Crippen molar-refractivity contribution in [3.8, 4) is 6.07 Å². The van der Waals surface area contributed by atoms with E-state index in [9.17, 15) is 10.4 Å². The summed E-state index contributed by atoms with van der Waals surface area (Å²) < 4.78 is 0. The molecule has 0 amide bonds. The van der Waals surface area contributed by atoms with E-state index in [1.165, 1.54) is 6.20 Å². The highest BCUT2D eigenvalue weighted by Gasteiger charge is 2.28. The van der Waals surface area contributed by atoms with Crippen molar-refractivity contribution in [2.75, 3.05) is 6.61 Å². The topological polar surface area (TPSA) is 69.8 Å². The Morgan fingerprint density at radius 1 is 1.24 bits per heavy atom. The molecule has 1 N–H and O–H groups in total. The number of rotatable bonds is 5. The number of nitriles is 1. The van der Waals surface area contributed by atoms with Gasteiger partial charge in [-0.3, -0.25) is 0 Å². The minimum Gasteiger partial charge on any atom is -0.396 e. The van der Waals surface area contributed by atoms with Crippen LogP contribution in [-0.2, 0) is 0 Å². The standard InChI is InChI=1S/C15H13Cl2N3O/c16-13-9-19-15(17)14(20-13)11(6-7-21)12(8-18)10-4-2-1-3-5-10/h1-5,9,11-12,21H,6-7H2/t11-,12+/m1/s1. The summed E-state index contributed by atoms with van der Waals surface area (Å²) in [6, 6.07) is 11.6. The molecule has 0 saturated heterocycles. The average molecular weight is 322 g/mol. The molecule has 6 heteroatoms. The van der Waals surface area contributed by atoms with Crippen molar-refractivity contribution in [1.29, 1.82) is 5.26 Å². The second-order valence-electron chi connectivity index (χ2n) is 4.51. The summed E-state index contributed by atoms with van der Waals surface area (Å²) in [6.45, 7) is -0.0831. The van der Waals surface area contributed by atoms with Crippen LogP contribution in [0.2, 0.25) is 10.3 Å². The number of benzene rings is 1. The first kappa shape index (κ1) is 15.7. The lowest BCUT2D eigenvalue weighted by Gasteiger charge is -2.21. The number of nitrogens with zero attached hydrogens (tertiary/aromatic N) is 3. The number of halogens is 2. The largest absolute Gasteiger partial charge is 0.396 e. The molecule has 0 spiro atoms. The lowest BCUT2D eigenvalue weighted by atomic mass is 9.83. The molecule has 0 fully saturated rings. The Balaban J connectivity index is 2.47. The molecule has 2 atom stereocenters. The first-order chi connectivity index (χ1) is 10.2.